The summed E-state index contributed by atoms with van der Waals surface area (Å²) in [5.74, 6) is -1.57. The van der Waals surface area contributed by atoms with Crippen LogP contribution in [-0.2, 0) is 61.6 Å². The molecule has 0 aliphatic carbocycles. The molecule has 0 aliphatic rings. The lowest BCUT2D eigenvalue weighted by Crippen LogP contribution is -2.20. The minimum Gasteiger partial charge on any atom is -0.457 e. The third-order valence-corrected chi connectivity index (χ3v) is 7.04. The number of ketones is 1. The van der Waals surface area contributed by atoms with Crippen molar-refractivity contribution in [2.24, 2.45) is 0 Å². The van der Waals surface area contributed by atoms with Gasteiger partial charge in [0.15, 0.2) is 0 Å². The van der Waals surface area contributed by atoms with Crippen LogP contribution in [0.5, 0.6) is 0 Å². The van der Waals surface area contributed by atoms with Gasteiger partial charge in [-0.25, -0.2) is 4.79 Å². The van der Waals surface area contributed by atoms with Crippen LogP contribution in [0.2, 0.25) is 0 Å². The molecule has 0 bridgehead atoms. The number of ether oxygens (including phenoxy) is 12. The predicted octanol–water partition coefficient (Wildman–Crippen LogP) is 3.96. The highest BCUT2D eigenvalue weighted by atomic mass is 16.6. The molecule has 14 heteroatoms. The molecule has 302 valence electrons. The standard InChI is InChI=1S/C38H66O14/c1-2-3-4-5-6-10-13-41-14-15-42-16-17-43-18-19-44-20-21-45-22-23-46-24-25-47-26-27-48-28-29-49-30-31-50-32-33-51-34-35-52-38(40)37(39)36-11-8-7-9-12-36/h7-9,11-12H,2-6,10,13-35H2,1H3. The van der Waals surface area contributed by atoms with Crippen LogP contribution in [0.25, 0.3) is 0 Å². The Hall–Kier alpha value is -2.08. The molecule has 0 unspecified atom stereocenters. The number of carbonyl (C=O) groups is 2. The number of carbonyl (C=O) groups excluding carboxylic acids is 2. The Morgan fingerprint density at radius 3 is 1.00 bits per heavy atom. The fourth-order valence-corrected chi connectivity index (χ4v) is 4.25. The molecule has 0 amide bonds. The summed E-state index contributed by atoms with van der Waals surface area (Å²) in [5, 5.41) is 0. The van der Waals surface area contributed by atoms with Crippen molar-refractivity contribution in [2.45, 2.75) is 45.4 Å². The Morgan fingerprint density at radius 1 is 0.365 bits per heavy atom. The van der Waals surface area contributed by atoms with E-state index in [2.05, 4.69) is 6.92 Å². The lowest BCUT2D eigenvalue weighted by atomic mass is 10.1. The lowest BCUT2D eigenvalue weighted by molar-refractivity contribution is -0.139. The average Bonchev–Trinajstić information content (AvgIpc) is 3.17. The molecule has 0 spiro atoms. The zero-order valence-corrected chi connectivity index (χ0v) is 31.6. The molecule has 0 atom stereocenters. The van der Waals surface area contributed by atoms with Gasteiger partial charge in [-0.05, 0) is 6.42 Å². The zero-order chi connectivity index (χ0) is 37.3. The Kier molecular flexibility index (Phi) is 37.0. The number of unbranched alkanes of at least 4 members (excludes halogenated alkanes) is 5. The first-order chi connectivity index (χ1) is 25.8. The van der Waals surface area contributed by atoms with Crippen LogP contribution in [0.3, 0.4) is 0 Å². The van der Waals surface area contributed by atoms with Crippen molar-refractivity contribution in [1.29, 1.82) is 0 Å². The number of Topliss-reactive ketones (excluding diaryl/α,β-unsaturated/α-hetero) is 1. The molecule has 52 heavy (non-hydrogen) atoms. The van der Waals surface area contributed by atoms with Gasteiger partial charge in [-0.3, -0.25) is 4.79 Å². The van der Waals surface area contributed by atoms with Crippen LogP contribution in [-0.4, -0.2) is 164 Å². The number of hydrogen-bond donors (Lipinski definition) is 0. The second-order valence-electron chi connectivity index (χ2n) is 11.3. The second-order valence-corrected chi connectivity index (χ2v) is 11.3. The zero-order valence-electron chi connectivity index (χ0n) is 31.6. The highest BCUT2D eigenvalue weighted by molar-refractivity contribution is 6.40. The summed E-state index contributed by atoms with van der Waals surface area (Å²) in [6.45, 7) is 13.1. The summed E-state index contributed by atoms with van der Waals surface area (Å²) in [4.78, 5) is 23.6. The van der Waals surface area contributed by atoms with Crippen LogP contribution < -0.4 is 0 Å². The van der Waals surface area contributed by atoms with Crippen LogP contribution >= 0.6 is 0 Å². The SMILES string of the molecule is CCCCCCCCOCCOCCOCCOCCOCCOCCOCCOCCOCCOCCOCCOC(=O)C(=O)c1ccccc1. The van der Waals surface area contributed by atoms with Crippen molar-refractivity contribution in [1.82, 2.24) is 0 Å². The molecule has 0 saturated carbocycles. The Labute approximate surface area is 311 Å². The van der Waals surface area contributed by atoms with E-state index in [-0.39, 0.29) is 13.2 Å². The molecular formula is C38H66O14. The Bertz CT molecular complexity index is 892. The third kappa shape index (κ3) is 33.7. The van der Waals surface area contributed by atoms with E-state index in [1.807, 2.05) is 0 Å². The first kappa shape index (κ1) is 47.9. The minimum atomic E-state index is -0.896. The molecule has 0 N–H and O–H groups in total. The van der Waals surface area contributed by atoms with Crippen molar-refractivity contribution in [3.63, 3.8) is 0 Å². The molecule has 0 aromatic heterocycles. The van der Waals surface area contributed by atoms with E-state index in [1.165, 1.54) is 32.1 Å². The van der Waals surface area contributed by atoms with Crippen molar-refractivity contribution in [3.8, 4) is 0 Å². The highest BCUT2D eigenvalue weighted by Crippen LogP contribution is 2.05. The second kappa shape index (κ2) is 40.1. The molecule has 1 rings (SSSR count). The molecule has 0 aliphatic heterocycles. The number of rotatable bonds is 42. The summed E-state index contributed by atoms with van der Waals surface area (Å²) >= 11 is 0. The maximum Gasteiger partial charge on any atom is 0.379 e. The monoisotopic (exact) mass is 746 g/mol. The van der Waals surface area contributed by atoms with Gasteiger partial charge >= 0.3 is 5.97 Å². The summed E-state index contributed by atoms with van der Waals surface area (Å²) in [6, 6.07) is 8.27. The first-order valence-corrected chi connectivity index (χ1v) is 18.9. The predicted molar refractivity (Wildman–Crippen MR) is 194 cm³/mol. The van der Waals surface area contributed by atoms with Crippen LogP contribution in [0.4, 0.5) is 0 Å². The van der Waals surface area contributed by atoms with Gasteiger partial charge in [-0.2, -0.15) is 0 Å². The summed E-state index contributed by atoms with van der Waals surface area (Å²) in [7, 11) is 0. The van der Waals surface area contributed by atoms with Gasteiger partial charge in [-0.15, -0.1) is 0 Å². The van der Waals surface area contributed by atoms with E-state index in [1.54, 1.807) is 30.3 Å². The Morgan fingerprint density at radius 2 is 0.654 bits per heavy atom. The number of esters is 1. The van der Waals surface area contributed by atoms with E-state index in [9.17, 15) is 9.59 Å². The summed E-state index contributed by atoms with van der Waals surface area (Å²) in [5.41, 5.74) is 0.296. The van der Waals surface area contributed by atoms with Crippen molar-refractivity contribution < 1.29 is 66.4 Å². The molecule has 0 fully saturated rings. The molecule has 14 nitrogen and oxygen atoms in total. The van der Waals surface area contributed by atoms with E-state index in [0.717, 1.165) is 13.0 Å². The summed E-state index contributed by atoms with van der Waals surface area (Å²) < 4.78 is 65.1. The van der Waals surface area contributed by atoms with Gasteiger partial charge in [0, 0.05) is 12.2 Å². The van der Waals surface area contributed by atoms with E-state index >= 15 is 0 Å². The minimum absolute atomic E-state index is 0.00188. The third-order valence-electron chi connectivity index (χ3n) is 7.04. The number of benzene rings is 1. The van der Waals surface area contributed by atoms with Crippen LogP contribution in [0.1, 0.15) is 55.8 Å². The smallest absolute Gasteiger partial charge is 0.379 e. The molecule has 1 aromatic carbocycles. The normalized spacial score (nSPS) is 11.3. The van der Waals surface area contributed by atoms with Crippen molar-refractivity contribution in [3.05, 3.63) is 35.9 Å². The van der Waals surface area contributed by atoms with Crippen molar-refractivity contribution in [2.75, 3.05) is 152 Å². The topological polar surface area (TPSA) is 145 Å². The van der Waals surface area contributed by atoms with Gasteiger partial charge < -0.3 is 56.8 Å². The number of hydrogen-bond acceptors (Lipinski definition) is 14. The maximum absolute atomic E-state index is 11.9. The fraction of sp³-hybridized carbons (Fsp3) is 0.789. The quantitative estimate of drug-likeness (QED) is 0.0412. The molecule has 0 saturated heterocycles. The molecule has 0 heterocycles. The first-order valence-electron chi connectivity index (χ1n) is 18.9. The highest BCUT2D eigenvalue weighted by Gasteiger charge is 2.17. The van der Waals surface area contributed by atoms with Crippen LogP contribution in [0, 0.1) is 0 Å². The molecule has 0 radical (unpaired) electrons. The van der Waals surface area contributed by atoms with Gasteiger partial charge in [0.25, 0.3) is 5.78 Å². The largest absolute Gasteiger partial charge is 0.457 e. The maximum atomic E-state index is 11.9. The van der Waals surface area contributed by atoms with E-state index in [4.69, 9.17) is 56.8 Å². The Balaban J connectivity index is 1.64. The van der Waals surface area contributed by atoms with Gasteiger partial charge in [-0.1, -0.05) is 69.4 Å². The summed E-state index contributed by atoms with van der Waals surface area (Å²) in [6.07, 6.45) is 7.64. The van der Waals surface area contributed by atoms with Crippen LogP contribution in [0.15, 0.2) is 30.3 Å². The van der Waals surface area contributed by atoms with E-state index < -0.39 is 11.8 Å². The van der Waals surface area contributed by atoms with Gasteiger partial charge in [0.05, 0.1) is 139 Å². The fourth-order valence-electron chi connectivity index (χ4n) is 4.25. The van der Waals surface area contributed by atoms with Gasteiger partial charge in [0.1, 0.15) is 6.61 Å². The lowest BCUT2D eigenvalue weighted by Gasteiger charge is -2.09. The van der Waals surface area contributed by atoms with Crippen molar-refractivity contribution >= 4 is 11.8 Å². The average molecular weight is 747 g/mol. The molecular weight excluding hydrogens is 680 g/mol. The molecule has 1 aromatic rings. The van der Waals surface area contributed by atoms with Gasteiger partial charge in [0.2, 0.25) is 0 Å². The van der Waals surface area contributed by atoms with E-state index in [0.29, 0.717) is 138 Å².